The number of rotatable bonds is 3. The lowest BCUT2D eigenvalue weighted by atomic mass is 9.89. The van der Waals surface area contributed by atoms with Crippen LogP contribution >= 0.6 is 23.8 Å². The molecule has 1 nitrogen and oxygen atoms in total. The van der Waals surface area contributed by atoms with Crippen LogP contribution in [0.25, 0.3) is 0 Å². The third-order valence-electron chi connectivity index (χ3n) is 2.35. The summed E-state index contributed by atoms with van der Waals surface area (Å²) in [7, 11) is 1.62. The molecular formula is C12H15ClOS. The number of benzene rings is 1. The van der Waals surface area contributed by atoms with Crippen molar-refractivity contribution in [3.63, 3.8) is 0 Å². The van der Waals surface area contributed by atoms with Crippen LogP contribution in [0.1, 0.15) is 25.3 Å². The van der Waals surface area contributed by atoms with E-state index in [1.54, 1.807) is 7.11 Å². The molecule has 0 aliphatic carbocycles. The van der Waals surface area contributed by atoms with Crippen molar-refractivity contribution in [3.05, 3.63) is 34.9 Å². The Morgan fingerprint density at radius 3 is 2.20 bits per heavy atom. The van der Waals surface area contributed by atoms with Gasteiger partial charge >= 0.3 is 0 Å². The summed E-state index contributed by atoms with van der Waals surface area (Å²) in [4.78, 5) is 0. The van der Waals surface area contributed by atoms with Crippen LogP contribution in [-0.2, 0) is 4.74 Å². The normalized spacial score (nSPS) is 12.6. The van der Waals surface area contributed by atoms with Crippen molar-refractivity contribution in [2.75, 3.05) is 7.11 Å². The summed E-state index contributed by atoms with van der Waals surface area (Å²) in [5, 5.41) is 1.37. The Morgan fingerprint density at radius 1 is 1.27 bits per heavy atom. The van der Waals surface area contributed by atoms with E-state index in [-0.39, 0.29) is 5.92 Å². The minimum Gasteiger partial charge on any atom is -0.490 e. The van der Waals surface area contributed by atoms with E-state index in [2.05, 4.69) is 13.8 Å². The van der Waals surface area contributed by atoms with E-state index >= 15 is 0 Å². The molecular weight excluding hydrogens is 228 g/mol. The standard InChI is InChI=1S/C12H15ClOS/c1-8(2)11(12(15)14-3)9-4-6-10(13)7-5-9/h4-8,11H,1-3H3. The van der Waals surface area contributed by atoms with Gasteiger partial charge in [-0.15, -0.1) is 0 Å². The van der Waals surface area contributed by atoms with E-state index in [9.17, 15) is 0 Å². The van der Waals surface area contributed by atoms with E-state index in [0.29, 0.717) is 11.0 Å². The Kier molecular flexibility index (Phi) is 4.55. The quantitative estimate of drug-likeness (QED) is 0.740. The zero-order valence-corrected chi connectivity index (χ0v) is 10.7. The summed E-state index contributed by atoms with van der Waals surface area (Å²) in [5.74, 6) is 0.570. The Labute approximate surface area is 101 Å². The summed E-state index contributed by atoms with van der Waals surface area (Å²) in [6.45, 7) is 4.26. The second kappa shape index (κ2) is 5.47. The Bertz CT molecular complexity index is 332. The molecule has 0 aromatic heterocycles. The number of halogens is 1. The Morgan fingerprint density at radius 2 is 1.80 bits per heavy atom. The van der Waals surface area contributed by atoms with Gasteiger partial charge in [0.15, 0.2) is 5.05 Å². The van der Waals surface area contributed by atoms with Gasteiger partial charge in [-0.05, 0) is 35.8 Å². The molecule has 0 saturated heterocycles. The highest BCUT2D eigenvalue weighted by Gasteiger charge is 2.21. The van der Waals surface area contributed by atoms with Gasteiger partial charge in [-0.3, -0.25) is 0 Å². The fraction of sp³-hybridized carbons (Fsp3) is 0.417. The predicted molar refractivity (Wildman–Crippen MR) is 68.6 cm³/mol. The van der Waals surface area contributed by atoms with Gasteiger partial charge in [-0.25, -0.2) is 0 Å². The van der Waals surface area contributed by atoms with E-state index in [1.165, 1.54) is 0 Å². The topological polar surface area (TPSA) is 9.23 Å². The first-order valence-corrected chi connectivity index (χ1v) is 5.68. The summed E-state index contributed by atoms with van der Waals surface area (Å²) < 4.78 is 5.16. The number of thiocarbonyl (C=S) groups is 1. The molecule has 3 heteroatoms. The molecule has 0 amide bonds. The summed E-state index contributed by atoms with van der Waals surface area (Å²) in [6, 6.07) is 7.76. The maximum atomic E-state index is 5.85. The van der Waals surface area contributed by atoms with Gasteiger partial charge in [0.25, 0.3) is 0 Å². The fourth-order valence-corrected chi connectivity index (χ4v) is 2.12. The molecule has 0 N–H and O–H groups in total. The lowest BCUT2D eigenvalue weighted by Gasteiger charge is -2.21. The molecule has 0 heterocycles. The lowest BCUT2D eigenvalue weighted by Crippen LogP contribution is -2.17. The predicted octanol–water partition coefficient (Wildman–Crippen LogP) is 4.05. The van der Waals surface area contributed by atoms with E-state index in [0.717, 1.165) is 10.6 Å². The van der Waals surface area contributed by atoms with Gasteiger partial charge < -0.3 is 4.74 Å². The van der Waals surface area contributed by atoms with Crippen molar-refractivity contribution in [1.29, 1.82) is 0 Å². The molecule has 1 unspecified atom stereocenters. The van der Waals surface area contributed by atoms with Crippen LogP contribution in [0.5, 0.6) is 0 Å². The highest BCUT2D eigenvalue weighted by molar-refractivity contribution is 7.80. The second-order valence-corrected chi connectivity index (χ2v) is 4.64. The molecule has 1 aromatic rings. The first-order valence-electron chi connectivity index (χ1n) is 4.89. The SMILES string of the molecule is COC(=S)C(c1ccc(Cl)cc1)C(C)C. The van der Waals surface area contributed by atoms with Crippen LogP contribution in [0, 0.1) is 5.92 Å². The first-order chi connectivity index (χ1) is 7.06. The third kappa shape index (κ3) is 3.18. The summed E-state index contributed by atoms with van der Waals surface area (Å²) in [6.07, 6.45) is 0. The van der Waals surface area contributed by atoms with E-state index < -0.39 is 0 Å². The van der Waals surface area contributed by atoms with Gasteiger partial charge in [-0.1, -0.05) is 37.6 Å². The third-order valence-corrected chi connectivity index (χ3v) is 3.02. The van der Waals surface area contributed by atoms with Crippen molar-refractivity contribution in [2.24, 2.45) is 5.92 Å². The molecule has 0 spiro atoms. The molecule has 0 bridgehead atoms. The molecule has 1 rings (SSSR count). The zero-order chi connectivity index (χ0) is 11.4. The van der Waals surface area contributed by atoms with Crippen LogP contribution in [0.15, 0.2) is 24.3 Å². The molecule has 0 saturated carbocycles. The van der Waals surface area contributed by atoms with Crippen molar-refractivity contribution in [1.82, 2.24) is 0 Å². The highest BCUT2D eigenvalue weighted by Crippen LogP contribution is 2.27. The van der Waals surface area contributed by atoms with Crippen molar-refractivity contribution in [3.8, 4) is 0 Å². The zero-order valence-electron chi connectivity index (χ0n) is 9.16. The second-order valence-electron chi connectivity index (χ2n) is 3.80. The Hall–Kier alpha value is -0.600. The molecule has 0 radical (unpaired) electrons. The van der Waals surface area contributed by atoms with Crippen molar-refractivity contribution in [2.45, 2.75) is 19.8 Å². The molecule has 0 aliphatic heterocycles. The minimum atomic E-state index is 0.155. The Balaban J connectivity index is 2.99. The van der Waals surface area contributed by atoms with Crippen LogP contribution in [0.3, 0.4) is 0 Å². The smallest absolute Gasteiger partial charge is 0.166 e. The van der Waals surface area contributed by atoms with E-state index in [4.69, 9.17) is 28.6 Å². The summed E-state index contributed by atoms with van der Waals surface area (Å²) >= 11 is 11.1. The average Bonchev–Trinajstić information content (AvgIpc) is 2.20. The molecule has 1 aromatic carbocycles. The number of ether oxygens (including phenoxy) is 1. The van der Waals surface area contributed by atoms with Gasteiger partial charge in [-0.2, -0.15) is 0 Å². The molecule has 15 heavy (non-hydrogen) atoms. The largest absolute Gasteiger partial charge is 0.490 e. The fourth-order valence-electron chi connectivity index (χ4n) is 1.59. The van der Waals surface area contributed by atoms with Gasteiger partial charge in [0.05, 0.1) is 13.0 Å². The monoisotopic (exact) mass is 242 g/mol. The number of methoxy groups -OCH3 is 1. The van der Waals surface area contributed by atoms with Crippen LogP contribution in [0.2, 0.25) is 5.02 Å². The molecule has 0 fully saturated rings. The van der Waals surface area contributed by atoms with Crippen molar-refractivity contribution >= 4 is 28.9 Å². The minimum absolute atomic E-state index is 0.155. The van der Waals surface area contributed by atoms with Crippen LogP contribution < -0.4 is 0 Å². The van der Waals surface area contributed by atoms with Gasteiger partial charge in [0, 0.05) is 5.02 Å². The number of hydrogen-bond acceptors (Lipinski definition) is 2. The average molecular weight is 243 g/mol. The molecule has 82 valence electrons. The lowest BCUT2D eigenvalue weighted by molar-refractivity contribution is 0.378. The maximum Gasteiger partial charge on any atom is 0.166 e. The number of hydrogen-bond donors (Lipinski definition) is 0. The summed E-state index contributed by atoms with van der Waals surface area (Å²) in [5.41, 5.74) is 1.15. The first kappa shape index (κ1) is 12.5. The molecule has 0 aliphatic rings. The molecule has 1 atom stereocenters. The van der Waals surface area contributed by atoms with Gasteiger partial charge in [0.1, 0.15) is 0 Å². The highest BCUT2D eigenvalue weighted by atomic mass is 35.5. The van der Waals surface area contributed by atoms with Gasteiger partial charge in [0.2, 0.25) is 0 Å². The van der Waals surface area contributed by atoms with Crippen LogP contribution in [0.4, 0.5) is 0 Å². The van der Waals surface area contributed by atoms with Crippen molar-refractivity contribution < 1.29 is 4.74 Å². The maximum absolute atomic E-state index is 5.85. The van der Waals surface area contributed by atoms with Crippen LogP contribution in [-0.4, -0.2) is 12.2 Å². The van der Waals surface area contributed by atoms with E-state index in [1.807, 2.05) is 24.3 Å².